The number of ether oxygens (including phenoxy) is 2. The predicted octanol–water partition coefficient (Wildman–Crippen LogP) is 1.48. The Balaban J connectivity index is 1.80. The molecule has 0 spiro atoms. The highest BCUT2D eigenvalue weighted by Gasteiger charge is 2.08. The number of carbonyl (C=O) groups excluding carboxylic acids is 1. The van der Waals surface area contributed by atoms with Gasteiger partial charge in [0.25, 0.3) is 5.91 Å². The lowest BCUT2D eigenvalue weighted by atomic mass is 10.3. The zero-order valence-electron chi connectivity index (χ0n) is 14.7. The largest absolute Gasteiger partial charge is 0.493 e. The van der Waals surface area contributed by atoms with E-state index in [0.717, 1.165) is 13.1 Å². The standard InChI is InChI=1S/C17H23N5O3/c1-22(2)11-10-18-15-8-9-16(21-20-15)19-17(23)12-25-14-7-5-4-6-13(14)24-3/h4-9H,10-12H2,1-3H3,(H,18,20)(H,19,21,23). The van der Waals surface area contributed by atoms with Crippen LogP contribution in [0.1, 0.15) is 0 Å². The third-order valence-electron chi connectivity index (χ3n) is 3.23. The topological polar surface area (TPSA) is 88.6 Å². The molecule has 134 valence electrons. The van der Waals surface area contributed by atoms with Crippen molar-refractivity contribution in [1.82, 2.24) is 15.1 Å². The van der Waals surface area contributed by atoms with Crippen molar-refractivity contribution >= 4 is 17.5 Å². The molecule has 2 N–H and O–H groups in total. The molecule has 0 fully saturated rings. The molecule has 0 atom stereocenters. The third-order valence-corrected chi connectivity index (χ3v) is 3.23. The molecule has 0 aliphatic rings. The summed E-state index contributed by atoms with van der Waals surface area (Å²) in [6.07, 6.45) is 0. The molecule has 0 radical (unpaired) electrons. The lowest BCUT2D eigenvalue weighted by molar-refractivity contribution is -0.118. The van der Waals surface area contributed by atoms with Crippen LogP contribution in [0.15, 0.2) is 36.4 Å². The van der Waals surface area contributed by atoms with E-state index in [1.165, 1.54) is 0 Å². The molecule has 0 saturated carbocycles. The summed E-state index contributed by atoms with van der Waals surface area (Å²) >= 11 is 0. The van der Waals surface area contributed by atoms with Crippen LogP contribution in [-0.4, -0.2) is 61.9 Å². The lowest BCUT2D eigenvalue weighted by Gasteiger charge is -2.11. The molecular formula is C17H23N5O3. The molecule has 8 nitrogen and oxygen atoms in total. The van der Waals surface area contributed by atoms with E-state index in [-0.39, 0.29) is 12.5 Å². The summed E-state index contributed by atoms with van der Waals surface area (Å²) in [4.78, 5) is 14.0. The molecule has 1 heterocycles. The molecule has 0 aliphatic carbocycles. The van der Waals surface area contributed by atoms with Crippen molar-refractivity contribution in [1.29, 1.82) is 0 Å². The number of nitrogens with zero attached hydrogens (tertiary/aromatic N) is 3. The van der Waals surface area contributed by atoms with Gasteiger partial charge in [0.15, 0.2) is 23.9 Å². The summed E-state index contributed by atoms with van der Waals surface area (Å²) in [5, 5.41) is 13.8. The smallest absolute Gasteiger partial charge is 0.263 e. The summed E-state index contributed by atoms with van der Waals surface area (Å²) in [5.41, 5.74) is 0. The van der Waals surface area contributed by atoms with Crippen LogP contribution >= 0.6 is 0 Å². The van der Waals surface area contributed by atoms with E-state index in [2.05, 4.69) is 25.7 Å². The Morgan fingerprint density at radius 1 is 1.08 bits per heavy atom. The van der Waals surface area contributed by atoms with Crippen LogP contribution in [0.2, 0.25) is 0 Å². The summed E-state index contributed by atoms with van der Waals surface area (Å²) < 4.78 is 10.6. The number of hydrogen-bond acceptors (Lipinski definition) is 7. The van der Waals surface area contributed by atoms with Gasteiger partial charge in [-0.25, -0.2) is 0 Å². The van der Waals surface area contributed by atoms with E-state index in [1.807, 2.05) is 26.2 Å². The zero-order valence-corrected chi connectivity index (χ0v) is 14.7. The summed E-state index contributed by atoms with van der Waals surface area (Å²) in [7, 11) is 5.55. The minimum atomic E-state index is -0.325. The zero-order chi connectivity index (χ0) is 18.1. The quantitative estimate of drug-likeness (QED) is 0.711. The lowest BCUT2D eigenvalue weighted by Crippen LogP contribution is -2.22. The van der Waals surface area contributed by atoms with E-state index in [0.29, 0.717) is 23.1 Å². The van der Waals surface area contributed by atoms with E-state index in [1.54, 1.807) is 31.4 Å². The maximum Gasteiger partial charge on any atom is 0.263 e. The number of carbonyl (C=O) groups is 1. The number of benzene rings is 1. The predicted molar refractivity (Wildman–Crippen MR) is 96.2 cm³/mol. The Morgan fingerprint density at radius 2 is 1.76 bits per heavy atom. The van der Waals surface area contributed by atoms with Gasteiger partial charge in [-0.1, -0.05) is 12.1 Å². The van der Waals surface area contributed by atoms with Crippen LogP contribution in [0.5, 0.6) is 11.5 Å². The molecule has 1 aromatic heterocycles. The number of methoxy groups -OCH3 is 1. The van der Waals surface area contributed by atoms with Gasteiger partial charge in [-0.2, -0.15) is 0 Å². The molecule has 8 heteroatoms. The fraction of sp³-hybridized carbons (Fsp3) is 0.353. The molecule has 1 amide bonds. The van der Waals surface area contributed by atoms with Gasteiger partial charge in [-0.15, -0.1) is 10.2 Å². The maximum atomic E-state index is 12.0. The first-order valence-electron chi connectivity index (χ1n) is 7.86. The third kappa shape index (κ3) is 6.27. The second kappa shape index (κ2) is 9.43. The summed E-state index contributed by atoms with van der Waals surface area (Å²) in [6.45, 7) is 1.51. The molecule has 0 bridgehead atoms. The van der Waals surface area contributed by atoms with Crippen molar-refractivity contribution < 1.29 is 14.3 Å². The van der Waals surface area contributed by atoms with Gasteiger partial charge in [0, 0.05) is 13.1 Å². The number of likely N-dealkylation sites (N-methyl/N-ethyl adjacent to an activating group) is 1. The number of aromatic nitrogens is 2. The van der Waals surface area contributed by atoms with Crippen molar-refractivity contribution in [3.8, 4) is 11.5 Å². The number of rotatable bonds is 9. The average Bonchev–Trinajstić information content (AvgIpc) is 2.61. The van der Waals surface area contributed by atoms with Crippen LogP contribution in [0.4, 0.5) is 11.6 Å². The fourth-order valence-electron chi connectivity index (χ4n) is 1.96. The van der Waals surface area contributed by atoms with E-state index in [4.69, 9.17) is 9.47 Å². The first-order valence-corrected chi connectivity index (χ1v) is 7.86. The maximum absolute atomic E-state index is 12.0. The van der Waals surface area contributed by atoms with Crippen molar-refractivity contribution in [2.75, 3.05) is 51.5 Å². The number of hydrogen-bond donors (Lipinski definition) is 2. The molecule has 0 aliphatic heterocycles. The molecule has 1 aromatic carbocycles. The summed E-state index contributed by atoms with van der Waals surface area (Å²) in [6, 6.07) is 10.6. The highest BCUT2D eigenvalue weighted by Crippen LogP contribution is 2.25. The number of anilines is 2. The molecule has 0 saturated heterocycles. The highest BCUT2D eigenvalue weighted by molar-refractivity contribution is 5.90. The fourth-order valence-corrected chi connectivity index (χ4v) is 1.96. The summed E-state index contributed by atoms with van der Waals surface area (Å²) in [5.74, 6) is 1.78. The SMILES string of the molecule is COc1ccccc1OCC(=O)Nc1ccc(NCCN(C)C)nn1. The number of para-hydroxylation sites is 2. The van der Waals surface area contributed by atoms with Crippen LogP contribution in [0.25, 0.3) is 0 Å². The van der Waals surface area contributed by atoms with E-state index in [9.17, 15) is 4.79 Å². The van der Waals surface area contributed by atoms with E-state index < -0.39 is 0 Å². The second-order valence-corrected chi connectivity index (χ2v) is 5.52. The molecule has 2 rings (SSSR count). The van der Waals surface area contributed by atoms with Crippen LogP contribution in [0.3, 0.4) is 0 Å². The van der Waals surface area contributed by atoms with Crippen LogP contribution in [0, 0.1) is 0 Å². The number of nitrogens with one attached hydrogen (secondary N) is 2. The Kier molecular flexibility index (Phi) is 6.97. The molecule has 2 aromatic rings. The van der Waals surface area contributed by atoms with Crippen LogP contribution in [-0.2, 0) is 4.79 Å². The van der Waals surface area contributed by atoms with Crippen molar-refractivity contribution in [2.24, 2.45) is 0 Å². The first-order chi connectivity index (χ1) is 12.1. The number of amides is 1. The average molecular weight is 345 g/mol. The van der Waals surface area contributed by atoms with Crippen molar-refractivity contribution in [3.05, 3.63) is 36.4 Å². The van der Waals surface area contributed by atoms with Gasteiger partial charge < -0.3 is 25.0 Å². The Labute approximate surface area is 147 Å². The van der Waals surface area contributed by atoms with Gasteiger partial charge in [0.2, 0.25) is 0 Å². The van der Waals surface area contributed by atoms with Gasteiger partial charge in [0.05, 0.1) is 7.11 Å². The minimum Gasteiger partial charge on any atom is -0.493 e. The monoisotopic (exact) mass is 345 g/mol. The molecule has 25 heavy (non-hydrogen) atoms. The van der Waals surface area contributed by atoms with Gasteiger partial charge in [-0.05, 0) is 38.4 Å². The van der Waals surface area contributed by atoms with Crippen molar-refractivity contribution in [3.63, 3.8) is 0 Å². The van der Waals surface area contributed by atoms with Crippen LogP contribution < -0.4 is 20.1 Å². The van der Waals surface area contributed by atoms with Crippen molar-refractivity contribution in [2.45, 2.75) is 0 Å². The van der Waals surface area contributed by atoms with E-state index >= 15 is 0 Å². The minimum absolute atomic E-state index is 0.148. The van der Waals surface area contributed by atoms with Gasteiger partial charge in [-0.3, -0.25) is 4.79 Å². The molecule has 0 unspecified atom stereocenters. The first kappa shape index (κ1) is 18.5. The Bertz CT molecular complexity index is 676. The molecular weight excluding hydrogens is 322 g/mol. The van der Waals surface area contributed by atoms with Gasteiger partial charge >= 0.3 is 0 Å². The van der Waals surface area contributed by atoms with Gasteiger partial charge in [0.1, 0.15) is 5.82 Å². The second-order valence-electron chi connectivity index (χ2n) is 5.52. The Hall–Kier alpha value is -2.87. The highest BCUT2D eigenvalue weighted by atomic mass is 16.5. The normalized spacial score (nSPS) is 10.4. The Morgan fingerprint density at radius 3 is 2.40 bits per heavy atom.